The number of carbonyl (C=O) groups excluding carboxylic acids is 4. The van der Waals surface area contributed by atoms with Gasteiger partial charge in [-0.3, -0.25) is 37.3 Å². The predicted octanol–water partition coefficient (Wildman–Crippen LogP) is 20.1. The van der Waals surface area contributed by atoms with Gasteiger partial charge in [-0.05, 0) is 49.4 Å². The van der Waals surface area contributed by atoms with Gasteiger partial charge in [-0.1, -0.05) is 299 Å². The molecule has 0 aromatic heterocycles. The summed E-state index contributed by atoms with van der Waals surface area (Å²) in [5, 5.41) is 10.6. The summed E-state index contributed by atoms with van der Waals surface area (Å²) < 4.78 is 68.3. The van der Waals surface area contributed by atoms with Crippen LogP contribution in [0.25, 0.3) is 0 Å². The van der Waals surface area contributed by atoms with Crippen LogP contribution in [0.1, 0.15) is 351 Å². The summed E-state index contributed by atoms with van der Waals surface area (Å²) in [6.45, 7) is 14.1. The second-order valence-electron chi connectivity index (χ2n) is 26.8. The van der Waals surface area contributed by atoms with Crippen molar-refractivity contribution in [2.75, 3.05) is 39.6 Å². The average Bonchev–Trinajstić information content (AvgIpc) is 3.01. The number of aliphatic hydroxyl groups is 1. The number of phosphoric ester groups is 2. The quantitative estimate of drug-likeness (QED) is 0.0222. The number of phosphoric acid groups is 2. The van der Waals surface area contributed by atoms with Crippen molar-refractivity contribution in [2.45, 2.75) is 369 Å². The van der Waals surface area contributed by atoms with E-state index in [1.165, 1.54) is 141 Å². The van der Waals surface area contributed by atoms with Crippen molar-refractivity contribution in [3.05, 3.63) is 0 Å². The van der Waals surface area contributed by atoms with E-state index in [1.807, 2.05) is 0 Å². The molecule has 0 aliphatic heterocycles. The minimum atomic E-state index is -4.95. The van der Waals surface area contributed by atoms with Gasteiger partial charge in [0.05, 0.1) is 26.4 Å². The molecule has 90 heavy (non-hydrogen) atoms. The molecule has 19 heteroatoms. The van der Waals surface area contributed by atoms with Gasteiger partial charge in [0.25, 0.3) is 0 Å². The maximum Gasteiger partial charge on any atom is 0.472 e. The lowest BCUT2D eigenvalue weighted by Crippen LogP contribution is -2.30. The summed E-state index contributed by atoms with van der Waals surface area (Å²) in [4.78, 5) is 72.5. The average molecular weight is 1330 g/mol. The van der Waals surface area contributed by atoms with Gasteiger partial charge >= 0.3 is 39.5 Å². The van der Waals surface area contributed by atoms with Crippen molar-refractivity contribution in [3.63, 3.8) is 0 Å². The molecule has 5 unspecified atom stereocenters. The largest absolute Gasteiger partial charge is 0.472 e. The SMILES string of the molecule is CCC(C)CCCCCCCCCCCCCCCCC(=O)O[C@H](COC(=O)CCCCCCCCC(C)CC)COP(=O)(O)OC[C@@H](O)COP(=O)(O)OC[C@@H](COC(=O)CCCCCCCCC(C)CC)OC(=O)CCCCCCCCCCCC(C)C. The van der Waals surface area contributed by atoms with Gasteiger partial charge in [-0.25, -0.2) is 9.13 Å². The normalized spacial score (nSPS) is 15.2. The summed E-state index contributed by atoms with van der Waals surface area (Å²) >= 11 is 0. The summed E-state index contributed by atoms with van der Waals surface area (Å²) in [5.41, 5.74) is 0. The van der Waals surface area contributed by atoms with Crippen LogP contribution in [-0.2, 0) is 65.4 Å². The fourth-order valence-corrected chi connectivity index (χ4v) is 12.1. The lowest BCUT2D eigenvalue weighted by Gasteiger charge is -2.21. The Morgan fingerprint density at radius 1 is 0.311 bits per heavy atom. The van der Waals surface area contributed by atoms with E-state index in [4.69, 9.17) is 37.0 Å². The zero-order valence-electron chi connectivity index (χ0n) is 58.8. The van der Waals surface area contributed by atoms with Crippen molar-refractivity contribution in [2.24, 2.45) is 23.7 Å². The fraction of sp³-hybridized carbons (Fsp3) is 0.944. The maximum atomic E-state index is 13.0. The smallest absolute Gasteiger partial charge is 0.462 e. The first-order valence-electron chi connectivity index (χ1n) is 36.8. The van der Waals surface area contributed by atoms with Gasteiger partial charge in [-0.2, -0.15) is 0 Å². The maximum absolute atomic E-state index is 13.0. The molecule has 8 atom stereocenters. The highest BCUT2D eigenvalue weighted by atomic mass is 31.2. The first-order chi connectivity index (χ1) is 43.2. The van der Waals surface area contributed by atoms with Gasteiger partial charge in [-0.15, -0.1) is 0 Å². The number of rotatable bonds is 68. The zero-order chi connectivity index (χ0) is 66.8. The van der Waals surface area contributed by atoms with Crippen LogP contribution >= 0.6 is 15.6 Å². The minimum Gasteiger partial charge on any atom is -0.462 e. The highest BCUT2D eigenvalue weighted by Gasteiger charge is 2.30. The second-order valence-corrected chi connectivity index (χ2v) is 29.7. The number of hydrogen-bond donors (Lipinski definition) is 3. The molecule has 3 N–H and O–H groups in total. The zero-order valence-corrected chi connectivity index (χ0v) is 60.6. The van der Waals surface area contributed by atoms with Crippen LogP contribution in [0.4, 0.5) is 0 Å². The molecule has 0 saturated carbocycles. The van der Waals surface area contributed by atoms with Crippen LogP contribution in [0, 0.1) is 23.7 Å². The lowest BCUT2D eigenvalue weighted by molar-refractivity contribution is -0.161. The molecule has 0 aromatic carbocycles. The van der Waals surface area contributed by atoms with E-state index >= 15 is 0 Å². The summed E-state index contributed by atoms with van der Waals surface area (Å²) in [6, 6.07) is 0. The van der Waals surface area contributed by atoms with Gasteiger partial charge in [0, 0.05) is 25.7 Å². The van der Waals surface area contributed by atoms with Crippen LogP contribution in [0.2, 0.25) is 0 Å². The standard InChI is InChI=1S/C71H138O17P2/c1-9-62(6)48-40-32-24-20-16-14-12-13-15-17-21-25-37-45-53-70(75)87-66(57-81-68(73)51-43-35-29-27-33-41-49-63(7)10-2)59-85-89(77,78)83-55-65(72)56-84-90(79,80)86-60-67(58-82-69(74)52-44-36-30-28-34-42-50-64(8)11-3)88-71(76)54-46-38-26-22-18-19-23-31-39-47-61(4)5/h61-67,72H,9-60H2,1-8H3,(H,77,78)(H,79,80)/t62?,63?,64?,65-,66-,67-/m1/s1. The number of ether oxygens (including phenoxy) is 4. The van der Waals surface area contributed by atoms with Crippen LogP contribution in [-0.4, -0.2) is 96.7 Å². The first kappa shape index (κ1) is 88.1. The Morgan fingerprint density at radius 3 is 0.789 bits per heavy atom. The molecule has 0 aromatic rings. The third-order valence-electron chi connectivity index (χ3n) is 17.4. The minimum absolute atomic E-state index is 0.104. The third kappa shape index (κ3) is 61.0. The number of aliphatic hydroxyl groups excluding tert-OH is 1. The molecule has 0 amide bonds. The predicted molar refractivity (Wildman–Crippen MR) is 363 cm³/mol. The molecule has 0 aliphatic carbocycles. The topological polar surface area (TPSA) is 237 Å². The Kier molecular flexibility index (Phi) is 59.4. The highest BCUT2D eigenvalue weighted by Crippen LogP contribution is 2.45. The van der Waals surface area contributed by atoms with Crippen LogP contribution in [0.15, 0.2) is 0 Å². The van der Waals surface area contributed by atoms with Gasteiger partial charge in [0.2, 0.25) is 0 Å². The van der Waals surface area contributed by atoms with Crippen LogP contribution in [0.3, 0.4) is 0 Å². The van der Waals surface area contributed by atoms with Crippen molar-refractivity contribution < 1.29 is 80.2 Å². The Bertz CT molecular complexity index is 1790. The molecule has 17 nitrogen and oxygen atoms in total. The Balaban J connectivity index is 5.23. The molecule has 0 rings (SSSR count). The van der Waals surface area contributed by atoms with E-state index in [1.54, 1.807) is 0 Å². The third-order valence-corrected chi connectivity index (χ3v) is 19.3. The van der Waals surface area contributed by atoms with Crippen LogP contribution < -0.4 is 0 Å². The van der Waals surface area contributed by atoms with Crippen LogP contribution in [0.5, 0.6) is 0 Å². The second kappa shape index (κ2) is 60.7. The Hall–Kier alpha value is -1.94. The molecule has 0 radical (unpaired) electrons. The number of hydrogen-bond acceptors (Lipinski definition) is 15. The molecule has 0 bridgehead atoms. The summed E-state index contributed by atoms with van der Waals surface area (Å²) in [7, 11) is -9.90. The number of esters is 4. The van der Waals surface area contributed by atoms with E-state index in [2.05, 4.69) is 55.4 Å². The van der Waals surface area contributed by atoms with Crippen molar-refractivity contribution in [3.8, 4) is 0 Å². The first-order valence-corrected chi connectivity index (χ1v) is 39.8. The van der Waals surface area contributed by atoms with E-state index < -0.39 is 97.5 Å². The van der Waals surface area contributed by atoms with Gasteiger partial charge < -0.3 is 33.8 Å². The Morgan fingerprint density at radius 2 is 0.533 bits per heavy atom. The molecule has 0 heterocycles. The number of unbranched alkanes of at least 4 members (excludes halogenated alkanes) is 31. The van der Waals surface area contributed by atoms with E-state index in [0.717, 1.165) is 126 Å². The van der Waals surface area contributed by atoms with Gasteiger partial charge in [0.1, 0.15) is 19.3 Å². The monoisotopic (exact) mass is 1320 g/mol. The molecule has 534 valence electrons. The number of carbonyl (C=O) groups is 4. The molecule has 0 aliphatic rings. The van der Waals surface area contributed by atoms with Crippen molar-refractivity contribution >= 4 is 39.5 Å². The van der Waals surface area contributed by atoms with Crippen molar-refractivity contribution in [1.29, 1.82) is 0 Å². The highest BCUT2D eigenvalue weighted by molar-refractivity contribution is 7.47. The Labute approximate surface area is 549 Å². The summed E-state index contributed by atoms with van der Waals surface area (Å²) in [5.74, 6) is 0.913. The molecule has 0 fully saturated rings. The van der Waals surface area contributed by atoms with E-state index in [-0.39, 0.29) is 25.7 Å². The molecular formula is C71H138O17P2. The van der Waals surface area contributed by atoms with E-state index in [0.29, 0.717) is 25.7 Å². The molecular weight excluding hydrogens is 1190 g/mol. The van der Waals surface area contributed by atoms with Crippen molar-refractivity contribution in [1.82, 2.24) is 0 Å². The molecule has 0 saturated heterocycles. The van der Waals surface area contributed by atoms with E-state index in [9.17, 15) is 43.2 Å². The fourth-order valence-electron chi connectivity index (χ4n) is 10.6. The van der Waals surface area contributed by atoms with Gasteiger partial charge in [0.15, 0.2) is 12.2 Å². The lowest BCUT2D eigenvalue weighted by atomic mass is 9.99. The summed E-state index contributed by atoms with van der Waals surface area (Å²) in [6.07, 6.45) is 43.1. The molecule has 0 spiro atoms.